The molecule has 35 heavy (non-hydrogen) atoms. The largest absolute Gasteiger partial charge is 0.507 e. The average molecular weight is 483 g/mol. The van der Waals surface area contributed by atoms with E-state index < -0.39 is 17.7 Å². The van der Waals surface area contributed by atoms with E-state index >= 15 is 0 Å². The Labute approximate surface area is 206 Å². The van der Waals surface area contributed by atoms with Crippen molar-refractivity contribution in [1.29, 1.82) is 0 Å². The second-order valence-electron chi connectivity index (χ2n) is 8.83. The molecule has 3 rings (SSSR count). The number of ether oxygens (including phenoxy) is 3. The van der Waals surface area contributed by atoms with Crippen LogP contribution in [0.25, 0.3) is 5.76 Å². The second kappa shape index (κ2) is 11.3. The van der Waals surface area contributed by atoms with Gasteiger partial charge >= 0.3 is 0 Å². The van der Waals surface area contributed by atoms with E-state index in [0.717, 1.165) is 0 Å². The second-order valence-corrected chi connectivity index (χ2v) is 8.83. The molecule has 1 fully saturated rings. The normalized spacial score (nSPS) is 17.4. The lowest BCUT2D eigenvalue weighted by Crippen LogP contribution is -2.35. The van der Waals surface area contributed by atoms with Crippen molar-refractivity contribution >= 4 is 17.4 Å². The summed E-state index contributed by atoms with van der Waals surface area (Å²) >= 11 is 0. The van der Waals surface area contributed by atoms with Gasteiger partial charge in [-0.05, 0) is 76.8 Å². The standard InChI is InChI=1S/C27H34N2O6/c1-7-34-21-13-10-19(16-22(21)33-6)24-23(26(31)27(32)29(24)15-14-28(4)5)25(30)18-8-11-20(12-9-18)35-17(2)3/h8-13,16-17,24,30H,7,14-15H2,1-6H3/b25-23+/t24-/m0/s1. The number of carbonyl (C=O) groups excluding carboxylic acids is 2. The van der Waals surface area contributed by atoms with Crippen LogP contribution in [-0.2, 0) is 9.59 Å². The molecule has 0 saturated carbocycles. The molecule has 1 aliphatic rings. The van der Waals surface area contributed by atoms with Crippen molar-refractivity contribution in [3.8, 4) is 17.2 Å². The zero-order valence-corrected chi connectivity index (χ0v) is 21.2. The highest BCUT2D eigenvalue weighted by Crippen LogP contribution is 2.42. The average Bonchev–Trinajstić information content (AvgIpc) is 3.07. The molecule has 1 saturated heterocycles. The molecular formula is C27H34N2O6. The van der Waals surface area contributed by atoms with Crippen LogP contribution in [0.15, 0.2) is 48.0 Å². The summed E-state index contributed by atoms with van der Waals surface area (Å²) in [5.74, 6) is 0.0931. The van der Waals surface area contributed by atoms with Crippen molar-refractivity contribution < 1.29 is 28.9 Å². The Kier molecular flexibility index (Phi) is 8.40. The molecule has 1 N–H and O–H groups in total. The molecule has 2 aromatic rings. The van der Waals surface area contributed by atoms with Gasteiger partial charge in [0.05, 0.1) is 31.4 Å². The van der Waals surface area contributed by atoms with Crippen LogP contribution in [0.1, 0.15) is 37.9 Å². The van der Waals surface area contributed by atoms with Gasteiger partial charge in [-0.3, -0.25) is 9.59 Å². The van der Waals surface area contributed by atoms with E-state index in [1.54, 1.807) is 42.5 Å². The van der Waals surface area contributed by atoms with E-state index in [0.29, 0.717) is 48.1 Å². The van der Waals surface area contributed by atoms with E-state index in [9.17, 15) is 14.7 Å². The Morgan fingerprint density at radius 2 is 1.77 bits per heavy atom. The minimum atomic E-state index is -0.772. The van der Waals surface area contributed by atoms with Crippen LogP contribution in [0.4, 0.5) is 0 Å². The van der Waals surface area contributed by atoms with Gasteiger partial charge in [-0.2, -0.15) is 0 Å². The number of Topliss-reactive ketones (excluding diaryl/α,β-unsaturated/α-hetero) is 1. The number of benzene rings is 2. The molecule has 0 unspecified atom stereocenters. The van der Waals surface area contributed by atoms with Crippen LogP contribution in [0.5, 0.6) is 17.2 Å². The third kappa shape index (κ3) is 5.77. The molecule has 8 nitrogen and oxygen atoms in total. The monoisotopic (exact) mass is 482 g/mol. The predicted molar refractivity (Wildman–Crippen MR) is 134 cm³/mol. The van der Waals surface area contributed by atoms with E-state index in [1.807, 2.05) is 39.8 Å². The van der Waals surface area contributed by atoms with Crippen molar-refractivity contribution in [1.82, 2.24) is 9.80 Å². The van der Waals surface area contributed by atoms with Gasteiger partial charge in [0.2, 0.25) is 0 Å². The highest BCUT2D eigenvalue weighted by Gasteiger charge is 2.46. The number of hydrogen-bond donors (Lipinski definition) is 1. The first kappa shape index (κ1) is 26.1. The fourth-order valence-electron chi connectivity index (χ4n) is 4.01. The van der Waals surface area contributed by atoms with Gasteiger partial charge in [0.25, 0.3) is 11.7 Å². The minimum absolute atomic E-state index is 0.00566. The summed E-state index contributed by atoms with van der Waals surface area (Å²) in [6.07, 6.45) is 0.00566. The van der Waals surface area contributed by atoms with Gasteiger partial charge < -0.3 is 29.1 Å². The topological polar surface area (TPSA) is 88.5 Å². The number of carbonyl (C=O) groups is 2. The SMILES string of the molecule is CCOc1ccc([C@H]2/C(=C(\O)c3ccc(OC(C)C)cc3)C(=O)C(=O)N2CCN(C)C)cc1OC. The van der Waals surface area contributed by atoms with Crippen LogP contribution in [0, 0.1) is 0 Å². The van der Waals surface area contributed by atoms with Gasteiger partial charge in [-0.15, -0.1) is 0 Å². The van der Waals surface area contributed by atoms with Crippen molar-refractivity contribution in [3.05, 3.63) is 59.2 Å². The van der Waals surface area contributed by atoms with Gasteiger partial charge in [-0.25, -0.2) is 0 Å². The molecule has 2 aromatic carbocycles. The van der Waals surface area contributed by atoms with Crippen molar-refractivity contribution in [2.75, 3.05) is 40.9 Å². The summed E-state index contributed by atoms with van der Waals surface area (Å²) in [6.45, 7) is 7.06. The van der Waals surface area contributed by atoms with Crippen LogP contribution in [0.2, 0.25) is 0 Å². The van der Waals surface area contributed by atoms with Crippen molar-refractivity contribution in [2.24, 2.45) is 0 Å². The third-order valence-electron chi connectivity index (χ3n) is 5.63. The molecule has 188 valence electrons. The lowest BCUT2D eigenvalue weighted by molar-refractivity contribution is -0.140. The fourth-order valence-corrected chi connectivity index (χ4v) is 4.01. The van der Waals surface area contributed by atoms with Gasteiger partial charge in [0.15, 0.2) is 11.5 Å². The molecule has 8 heteroatoms. The Balaban J connectivity index is 2.12. The molecule has 1 heterocycles. The maximum Gasteiger partial charge on any atom is 0.295 e. The zero-order chi connectivity index (χ0) is 25.7. The predicted octanol–water partition coefficient (Wildman–Crippen LogP) is 3.86. The summed E-state index contributed by atoms with van der Waals surface area (Å²) in [6, 6.07) is 11.3. The first-order valence-electron chi connectivity index (χ1n) is 11.7. The minimum Gasteiger partial charge on any atom is -0.507 e. The summed E-state index contributed by atoms with van der Waals surface area (Å²) < 4.78 is 16.8. The highest BCUT2D eigenvalue weighted by atomic mass is 16.5. The molecule has 0 bridgehead atoms. The number of likely N-dealkylation sites (N-methyl/N-ethyl adjacent to an activating group) is 1. The number of methoxy groups -OCH3 is 1. The summed E-state index contributed by atoms with van der Waals surface area (Å²) in [5.41, 5.74) is 1.11. The number of nitrogens with zero attached hydrogens (tertiary/aromatic N) is 2. The van der Waals surface area contributed by atoms with Crippen molar-refractivity contribution in [3.63, 3.8) is 0 Å². The summed E-state index contributed by atoms with van der Waals surface area (Å²) in [5, 5.41) is 11.2. The number of likely N-dealkylation sites (tertiary alicyclic amines) is 1. The van der Waals surface area contributed by atoms with Gasteiger partial charge in [0, 0.05) is 18.7 Å². The third-order valence-corrected chi connectivity index (χ3v) is 5.63. The van der Waals surface area contributed by atoms with E-state index in [1.165, 1.54) is 12.0 Å². The van der Waals surface area contributed by atoms with E-state index in [2.05, 4.69) is 0 Å². The Bertz CT molecular complexity index is 1090. The summed E-state index contributed by atoms with van der Waals surface area (Å²) in [7, 11) is 5.32. The molecule has 0 radical (unpaired) electrons. The maximum absolute atomic E-state index is 13.2. The van der Waals surface area contributed by atoms with Crippen LogP contribution in [0.3, 0.4) is 0 Å². The van der Waals surface area contributed by atoms with Gasteiger partial charge in [0.1, 0.15) is 11.5 Å². The van der Waals surface area contributed by atoms with E-state index in [-0.39, 0.29) is 17.4 Å². The Hall–Kier alpha value is -3.52. The van der Waals surface area contributed by atoms with Crippen LogP contribution < -0.4 is 14.2 Å². The van der Waals surface area contributed by atoms with Crippen molar-refractivity contribution in [2.45, 2.75) is 32.9 Å². The smallest absolute Gasteiger partial charge is 0.295 e. The lowest BCUT2D eigenvalue weighted by atomic mass is 9.95. The number of amides is 1. The Morgan fingerprint density at radius 3 is 2.34 bits per heavy atom. The first-order valence-corrected chi connectivity index (χ1v) is 11.7. The number of aliphatic hydroxyl groups is 1. The molecule has 0 spiro atoms. The molecule has 1 atom stereocenters. The summed E-state index contributed by atoms with van der Waals surface area (Å²) in [4.78, 5) is 29.7. The lowest BCUT2D eigenvalue weighted by Gasteiger charge is -2.27. The molecule has 0 aliphatic carbocycles. The van der Waals surface area contributed by atoms with Crippen LogP contribution >= 0.6 is 0 Å². The number of rotatable bonds is 10. The molecule has 1 amide bonds. The van der Waals surface area contributed by atoms with Crippen LogP contribution in [-0.4, -0.2) is 73.6 Å². The fraction of sp³-hybridized carbons (Fsp3) is 0.407. The highest BCUT2D eigenvalue weighted by molar-refractivity contribution is 6.46. The number of hydrogen-bond acceptors (Lipinski definition) is 7. The molecule has 0 aromatic heterocycles. The van der Waals surface area contributed by atoms with Gasteiger partial charge in [-0.1, -0.05) is 6.07 Å². The zero-order valence-electron chi connectivity index (χ0n) is 21.2. The quantitative estimate of drug-likeness (QED) is 0.312. The molecular weight excluding hydrogens is 448 g/mol. The first-order chi connectivity index (χ1) is 16.7. The Morgan fingerprint density at radius 1 is 1.09 bits per heavy atom. The number of ketones is 1. The maximum atomic E-state index is 13.2. The molecule has 1 aliphatic heterocycles. The van der Waals surface area contributed by atoms with E-state index in [4.69, 9.17) is 14.2 Å². The number of aliphatic hydroxyl groups excluding tert-OH is 1.